The average molecular weight is 445 g/mol. The molecule has 0 unspecified atom stereocenters. The third-order valence-electron chi connectivity index (χ3n) is 5.22. The van der Waals surface area contributed by atoms with E-state index < -0.39 is 6.10 Å². The van der Waals surface area contributed by atoms with E-state index in [4.69, 9.17) is 9.47 Å². The van der Waals surface area contributed by atoms with Crippen LogP contribution < -0.4 is 15.2 Å². The van der Waals surface area contributed by atoms with E-state index >= 15 is 0 Å². The quantitative estimate of drug-likeness (QED) is 0.624. The van der Waals surface area contributed by atoms with Gasteiger partial charge >= 0.3 is 0 Å². The second-order valence-corrected chi connectivity index (χ2v) is 9.67. The van der Waals surface area contributed by atoms with E-state index in [1.165, 1.54) is 27.8 Å². The fraction of sp³-hybridized carbons (Fsp3) is 0.500. The van der Waals surface area contributed by atoms with Crippen LogP contribution in [-0.2, 0) is 16.7 Å². The summed E-state index contributed by atoms with van der Waals surface area (Å²) >= 11 is 1.34. The molecule has 1 aliphatic rings. The Hall–Kier alpha value is -2.49. The molecule has 0 saturated carbocycles. The van der Waals surface area contributed by atoms with Crippen molar-refractivity contribution in [2.45, 2.75) is 38.8 Å². The number of thiazole rings is 1. The van der Waals surface area contributed by atoms with E-state index in [0.717, 1.165) is 18.2 Å². The molecule has 0 spiro atoms. The average Bonchev–Trinajstić information content (AvgIpc) is 3.20. The highest BCUT2D eigenvalue weighted by molar-refractivity contribution is 7.22. The topological polar surface area (TPSA) is 89.7 Å². The largest absolute Gasteiger partial charge is 0.491 e. The van der Waals surface area contributed by atoms with E-state index in [0.29, 0.717) is 29.3 Å². The summed E-state index contributed by atoms with van der Waals surface area (Å²) in [5.74, 6) is 0.686. The number of hydrogen-bond acceptors (Lipinski definition) is 8. The molecule has 4 rings (SSSR count). The van der Waals surface area contributed by atoms with Gasteiger partial charge in [0.05, 0.1) is 19.8 Å². The van der Waals surface area contributed by atoms with Gasteiger partial charge in [-0.05, 0) is 23.1 Å². The maximum atomic E-state index is 12.9. The molecule has 166 valence electrons. The molecule has 0 bridgehead atoms. The highest BCUT2D eigenvalue weighted by Crippen LogP contribution is 2.26. The van der Waals surface area contributed by atoms with Crippen molar-refractivity contribution in [1.29, 1.82) is 0 Å². The third kappa shape index (κ3) is 5.06. The predicted octanol–water partition coefficient (Wildman–Crippen LogP) is 2.43. The molecule has 1 saturated heterocycles. The monoisotopic (exact) mass is 444 g/mol. The highest BCUT2D eigenvalue weighted by Gasteiger charge is 2.19. The summed E-state index contributed by atoms with van der Waals surface area (Å²) in [6.07, 6.45) is 0.598. The number of morpholine rings is 1. The minimum absolute atomic E-state index is 0.0726. The van der Waals surface area contributed by atoms with Crippen LogP contribution in [0.1, 0.15) is 26.3 Å². The molecule has 1 fully saturated rings. The van der Waals surface area contributed by atoms with E-state index in [9.17, 15) is 9.90 Å². The van der Waals surface area contributed by atoms with Gasteiger partial charge in [0.2, 0.25) is 0 Å². The Labute approximate surface area is 185 Å². The number of aliphatic hydroxyl groups is 1. The van der Waals surface area contributed by atoms with Crippen LogP contribution in [0.5, 0.6) is 5.75 Å². The summed E-state index contributed by atoms with van der Waals surface area (Å²) in [5.41, 5.74) is 1.53. The molecule has 9 heteroatoms. The molecule has 1 aromatic carbocycles. The Morgan fingerprint density at radius 1 is 1.23 bits per heavy atom. The van der Waals surface area contributed by atoms with Gasteiger partial charge in [0, 0.05) is 13.1 Å². The van der Waals surface area contributed by atoms with E-state index in [1.807, 2.05) is 24.3 Å². The number of ether oxygens (including phenoxy) is 2. The lowest BCUT2D eigenvalue weighted by atomic mass is 9.87. The lowest BCUT2D eigenvalue weighted by Gasteiger charge is -2.25. The number of aromatic nitrogens is 3. The Bertz CT molecular complexity index is 1080. The summed E-state index contributed by atoms with van der Waals surface area (Å²) in [7, 11) is 0. The first kappa shape index (κ1) is 21.7. The van der Waals surface area contributed by atoms with Gasteiger partial charge in [0.15, 0.2) is 10.8 Å². The molecule has 1 N–H and O–H groups in total. The fourth-order valence-corrected chi connectivity index (χ4v) is 4.40. The number of anilines is 1. The Morgan fingerprint density at radius 2 is 1.94 bits per heavy atom. The predicted molar refractivity (Wildman–Crippen MR) is 121 cm³/mol. The van der Waals surface area contributed by atoms with Crippen LogP contribution >= 0.6 is 11.3 Å². The number of aliphatic hydroxyl groups excluding tert-OH is 1. The van der Waals surface area contributed by atoms with E-state index in [2.05, 4.69) is 35.6 Å². The minimum Gasteiger partial charge on any atom is -0.491 e. The zero-order valence-electron chi connectivity index (χ0n) is 18.1. The maximum absolute atomic E-state index is 12.9. The first-order valence-corrected chi connectivity index (χ1v) is 11.2. The molecule has 0 amide bonds. The Kier molecular flexibility index (Phi) is 6.27. The lowest BCUT2D eigenvalue weighted by molar-refractivity contribution is 0.0915. The van der Waals surface area contributed by atoms with Crippen LogP contribution in [0.4, 0.5) is 5.13 Å². The van der Waals surface area contributed by atoms with E-state index in [1.54, 1.807) is 0 Å². The molecule has 8 nitrogen and oxygen atoms in total. The first-order chi connectivity index (χ1) is 14.8. The molecular formula is C22H28N4O4S. The minimum atomic E-state index is -0.842. The van der Waals surface area contributed by atoms with Crippen LogP contribution in [-0.4, -0.2) is 58.7 Å². The number of nitrogens with zero attached hydrogens (tertiary/aromatic N) is 4. The van der Waals surface area contributed by atoms with Gasteiger partial charge < -0.3 is 19.5 Å². The zero-order valence-corrected chi connectivity index (χ0v) is 18.9. The van der Waals surface area contributed by atoms with Crippen molar-refractivity contribution in [1.82, 2.24) is 14.5 Å². The fourth-order valence-electron chi connectivity index (χ4n) is 3.38. The molecule has 0 radical (unpaired) electrons. The molecule has 2 aromatic heterocycles. The van der Waals surface area contributed by atoms with Crippen LogP contribution in [0.3, 0.4) is 0 Å². The van der Waals surface area contributed by atoms with E-state index in [-0.39, 0.29) is 24.1 Å². The second-order valence-electron chi connectivity index (χ2n) is 8.69. The first-order valence-electron chi connectivity index (χ1n) is 10.4. The van der Waals surface area contributed by atoms with Gasteiger partial charge in [0.25, 0.3) is 5.56 Å². The van der Waals surface area contributed by atoms with Crippen LogP contribution in [0, 0.1) is 0 Å². The van der Waals surface area contributed by atoms with Crippen LogP contribution in [0.2, 0.25) is 0 Å². The molecule has 31 heavy (non-hydrogen) atoms. The summed E-state index contributed by atoms with van der Waals surface area (Å²) in [6, 6.07) is 7.86. The van der Waals surface area contributed by atoms with Crippen molar-refractivity contribution in [3.05, 3.63) is 46.5 Å². The van der Waals surface area contributed by atoms with Crippen molar-refractivity contribution >= 4 is 26.8 Å². The molecule has 0 aliphatic carbocycles. The summed E-state index contributed by atoms with van der Waals surface area (Å²) in [4.78, 5) is 23.8. The standard InChI is InChI=1S/C22H28N4O4S/c1-22(2,3)15-4-6-17(7-5-15)30-13-16(27)12-26-14-23-19-18(20(26)28)31-21(24-19)25-8-10-29-11-9-25/h4-7,14,16,27H,8-13H2,1-3H3/t16-/m1/s1. The van der Waals surface area contributed by atoms with Crippen molar-refractivity contribution < 1.29 is 14.6 Å². The molecule has 3 aromatic rings. The van der Waals surface area contributed by atoms with Crippen LogP contribution in [0.15, 0.2) is 35.4 Å². The van der Waals surface area contributed by atoms with Gasteiger partial charge in [0.1, 0.15) is 29.5 Å². The highest BCUT2D eigenvalue weighted by atomic mass is 32.1. The smallest absolute Gasteiger partial charge is 0.273 e. The number of hydrogen-bond donors (Lipinski definition) is 1. The van der Waals surface area contributed by atoms with Crippen molar-refractivity contribution in [3.63, 3.8) is 0 Å². The second kappa shape index (κ2) is 8.94. The maximum Gasteiger partial charge on any atom is 0.273 e. The number of benzene rings is 1. The summed E-state index contributed by atoms with van der Waals surface area (Å²) in [5, 5.41) is 11.2. The SMILES string of the molecule is CC(C)(C)c1ccc(OC[C@H](O)Cn2cnc3nc(N4CCOCC4)sc3c2=O)cc1. The number of rotatable bonds is 6. The summed E-state index contributed by atoms with van der Waals surface area (Å²) in [6.45, 7) is 9.46. The Morgan fingerprint density at radius 3 is 2.61 bits per heavy atom. The van der Waals surface area contributed by atoms with Crippen molar-refractivity contribution in [2.75, 3.05) is 37.8 Å². The summed E-state index contributed by atoms with van der Waals surface area (Å²) < 4.78 is 13.0. The van der Waals surface area contributed by atoms with Gasteiger partial charge in [-0.3, -0.25) is 9.36 Å². The zero-order chi connectivity index (χ0) is 22.0. The molecular weight excluding hydrogens is 416 g/mol. The van der Waals surface area contributed by atoms with Gasteiger partial charge in [-0.1, -0.05) is 44.2 Å². The van der Waals surface area contributed by atoms with Crippen molar-refractivity contribution in [2.24, 2.45) is 0 Å². The van der Waals surface area contributed by atoms with Crippen molar-refractivity contribution in [3.8, 4) is 5.75 Å². The van der Waals surface area contributed by atoms with Gasteiger partial charge in [-0.15, -0.1) is 0 Å². The number of fused-ring (bicyclic) bond motifs is 1. The molecule has 3 heterocycles. The Balaban J connectivity index is 1.40. The third-order valence-corrected chi connectivity index (χ3v) is 6.32. The molecule has 1 atom stereocenters. The molecule has 1 aliphatic heterocycles. The van der Waals surface area contributed by atoms with Crippen LogP contribution in [0.25, 0.3) is 10.3 Å². The van der Waals surface area contributed by atoms with Gasteiger partial charge in [-0.2, -0.15) is 4.98 Å². The van der Waals surface area contributed by atoms with Gasteiger partial charge in [-0.25, -0.2) is 4.98 Å². The normalized spacial score (nSPS) is 15.9. The lowest BCUT2D eigenvalue weighted by Crippen LogP contribution is -2.36.